The Labute approximate surface area is 152 Å². The monoisotopic (exact) mass is 359 g/mol. The van der Waals surface area contributed by atoms with Crippen molar-refractivity contribution < 1.29 is 8.42 Å². The number of sulfonamides is 1. The van der Waals surface area contributed by atoms with Crippen LogP contribution in [0.4, 0.5) is 0 Å². The minimum atomic E-state index is -3.47. The van der Waals surface area contributed by atoms with Crippen molar-refractivity contribution in [2.75, 3.05) is 6.54 Å². The highest BCUT2D eigenvalue weighted by Gasteiger charge is 2.49. The quantitative estimate of drug-likeness (QED) is 0.744. The van der Waals surface area contributed by atoms with Crippen LogP contribution in [0.3, 0.4) is 0 Å². The first kappa shape index (κ1) is 17.3. The van der Waals surface area contributed by atoms with E-state index in [2.05, 4.69) is 6.58 Å². The van der Waals surface area contributed by atoms with Crippen LogP contribution in [0.1, 0.15) is 50.5 Å². The van der Waals surface area contributed by atoms with E-state index in [1.165, 1.54) is 19.3 Å². The van der Waals surface area contributed by atoms with Gasteiger partial charge in [-0.15, -0.1) is 0 Å². The van der Waals surface area contributed by atoms with Gasteiger partial charge in [0.15, 0.2) is 0 Å². The summed E-state index contributed by atoms with van der Waals surface area (Å²) in [6.07, 6.45) is 8.19. The number of rotatable bonds is 3. The van der Waals surface area contributed by atoms with Crippen LogP contribution < -0.4 is 0 Å². The molecule has 0 unspecified atom stereocenters. The molecule has 3 aliphatic rings. The third kappa shape index (κ3) is 3.31. The molecule has 3 fully saturated rings. The molecule has 136 valence electrons. The van der Waals surface area contributed by atoms with Crippen LogP contribution in [0, 0.1) is 24.7 Å². The van der Waals surface area contributed by atoms with E-state index >= 15 is 0 Å². The van der Waals surface area contributed by atoms with Crippen molar-refractivity contribution in [2.24, 2.45) is 17.8 Å². The van der Waals surface area contributed by atoms with Gasteiger partial charge in [-0.3, -0.25) is 0 Å². The average Bonchev–Trinajstić information content (AvgIpc) is 3.34. The number of fused-ring (bicyclic) bond motifs is 1. The molecule has 1 aromatic carbocycles. The van der Waals surface area contributed by atoms with Crippen LogP contribution in [0.5, 0.6) is 0 Å². The van der Waals surface area contributed by atoms with E-state index in [9.17, 15) is 8.42 Å². The third-order valence-corrected chi connectivity index (χ3v) is 8.32. The van der Waals surface area contributed by atoms with Gasteiger partial charge < -0.3 is 0 Å². The predicted octanol–water partition coefficient (Wildman–Crippen LogP) is 4.53. The Morgan fingerprint density at radius 1 is 1.00 bits per heavy atom. The van der Waals surface area contributed by atoms with Crippen molar-refractivity contribution in [3.05, 3.63) is 42.0 Å². The standard InChI is InChI=1S/C21H29NO2S/c1-15-8-10-20(11-9-15)25(23,24)22-14-19-13-18(19)12-16(2)21(22)17-6-4-3-5-7-17/h8-11,17-19,21H,2-7,12-14H2,1H3/t18-,19-,21+/m1/s1. The van der Waals surface area contributed by atoms with Crippen LogP contribution >= 0.6 is 0 Å². The largest absolute Gasteiger partial charge is 0.243 e. The molecule has 4 rings (SSSR count). The third-order valence-electron chi connectivity index (χ3n) is 6.46. The smallest absolute Gasteiger partial charge is 0.207 e. The van der Waals surface area contributed by atoms with Gasteiger partial charge in [-0.1, -0.05) is 49.1 Å². The Morgan fingerprint density at radius 2 is 1.68 bits per heavy atom. The van der Waals surface area contributed by atoms with E-state index in [1.807, 2.05) is 23.4 Å². The molecule has 0 N–H and O–H groups in total. The molecule has 25 heavy (non-hydrogen) atoms. The van der Waals surface area contributed by atoms with Crippen molar-refractivity contribution in [3.8, 4) is 0 Å². The summed E-state index contributed by atoms with van der Waals surface area (Å²) in [5.74, 6) is 1.64. The average molecular weight is 360 g/mol. The highest BCUT2D eigenvalue weighted by molar-refractivity contribution is 7.89. The molecule has 4 heteroatoms. The Bertz CT molecular complexity index is 747. The van der Waals surface area contributed by atoms with Crippen LogP contribution in [-0.4, -0.2) is 25.3 Å². The summed E-state index contributed by atoms with van der Waals surface area (Å²) in [6, 6.07) is 7.32. The first-order valence-electron chi connectivity index (χ1n) is 9.73. The highest BCUT2D eigenvalue weighted by atomic mass is 32.2. The number of nitrogens with zero attached hydrogens (tertiary/aromatic N) is 1. The van der Waals surface area contributed by atoms with Crippen molar-refractivity contribution >= 4 is 10.0 Å². The van der Waals surface area contributed by atoms with Gasteiger partial charge in [0.1, 0.15) is 0 Å². The second-order valence-corrected chi connectivity index (χ2v) is 10.2. The van der Waals surface area contributed by atoms with Crippen molar-refractivity contribution in [1.29, 1.82) is 0 Å². The molecular formula is C21H29NO2S. The lowest BCUT2D eigenvalue weighted by molar-refractivity contribution is 0.217. The molecule has 0 radical (unpaired) electrons. The van der Waals surface area contributed by atoms with Gasteiger partial charge in [-0.05, 0) is 62.5 Å². The van der Waals surface area contributed by atoms with Crippen LogP contribution in [-0.2, 0) is 10.0 Å². The maximum absolute atomic E-state index is 13.5. The molecule has 1 aromatic rings. The first-order valence-corrected chi connectivity index (χ1v) is 11.2. The van der Waals surface area contributed by atoms with E-state index in [1.54, 1.807) is 12.1 Å². The number of hydrogen-bond acceptors (Lipinski definition) is 2. The normalized spacial score (nSPS) is 31.4. The Hall–Kier alpha value is -1.13. The van der Waals surface area contributed by atoms with E-state index < -0.39 is 10.0 Å². The van der Waals surface area contributed by atoms with Crippen molar-refractivity contribution in [2.45, 2.75) is 62.8 Å². The number of hydrogen-bond donors (Lipinski definition) is 0. The number of aryl methyl sites for hydroxylation is 1. The van der Waals surface area contributed by atoms with Gasteiger partial charge in [0.05, 0.1) is 4.90 Å². The fraction of sp³-hybridized carbons (Fsp3) is 0.619. The Morgan fingerprint density at radius 3 is 2.36 bits per heavy atom. The van der Waals surface area contributed by atoms with Crippen LogP contribution in [0.2, 0.25) is 0 Å². The molecule has 2 saturated carbocycles. The summed E-state index contributed by atoms with van der Waals surface area (Å²) in [5, 5.41) is 0. The minimum Gasteiger partial charge on any atom is -0.207 e. The van der Waals surface area contributed by atoms with Gasteiger partial charge in [-0.25, -0.2) is 8.42 Å². The Kier molecular flexibility index (Phi) is 4.53. The molecule has 1 saturated heterocycles. The summed E-state index contributed by atoms with van der Waals surface area (Å²) in [7, 11) is -3.47. The van der Waals surface area contributed by atoms with Crippen molar-refractivity contribution in [1.82, 2.24) is 4.31 Å². The number of benzene rings is 1. The summed E-state index contributed by atoms with van der Waals surface area (Å²) < 4.78 is 28.8. The lowest BCUT2D eigenvalue weighted by atomic mass is 9.80. The van der Waals surface area contributed by atoms with E-state index in [4.69, 9.17) is 0 Å². The van der Waals surface area contributed by atoms with Gasteiger partial charge in [0.25, 0.3) is 0 Å². The zero-order chi connectivity index (χ0) is 17.6. The SMILES string of the molecule is C=C1C[C@@H]2C[C@@H]2CN(S(=O)(=O)c2ccc(C)cc2)[C@@H]1C1CCCCC1. The summed E-state index contributed by atoms with van der Waals surface area (Å²) >= 11 is 0. The molecule has 0 amide bonds. The molecular weight excluding hydrogens is 330 g/mol. The molecule has 0 aromatic heterocycles. The van der Waals surface area contributed by atoms with Gasteiger partial charge in [0.2, 0.25) is 10.0 Å². The van der Waals surface area contributed by atoms with E-state index in [0.717, 1.165) is 36.8 Å². The summed E-state index contributed by atoms with van der Waals surface area (Å²) in [5.41, 5.74) is 2.25. The topological polar surface area (TPSA) is 37.4 Å². The molecule has 3 nitrogen and oxygen atoms in total. The van der Waals surface area contributed by atoms with E-state index in [0.29, 0.717) is 29.2 Å². The molecule has 0 bridgehead atoms. The van der Waals surface area contributed by atoms with Crippen LogP contribution in [0.15, 0.2) is 41.3 Å². The molecule has 1 heterocycles. The molecule has 2 aliphatic carbocycles. The minimum absolute atomic E-state index is 0.000553. The Balaban J connectivity index is 1.71. The summed E-state index contributed by atoms with van der Waals surface area (Å²) in [6.45, 7) is 7.04. The second-order valence-electron chi connectivity index (χ2n) is 8.35. The predicted molar refractivity (Wildman–Crippen MR) is 101 cm³/mol. The summed E-state index contributed by atoms with van der Waals surface area (Å²) in [4.78, 5) is 0.436. The fourth-order valence-electron chi connectivity index (χ4n) is 4.90. The second kappa shape index (κ2) is 6.55. The molecule has 3 atom stereocenters. The van der Waals surface area contributed by atoms with E-state index in [-0.39, 0.29) is 6.04 Å². The zero-order valence-electron chi connectivity index (χ0n) is 15.2. The maximum Gasteiger partial charge on any atom is 0.243 e. The molecule has 0 spiro atoms. The fourth-order valence-corrected chi connectivity index (χ4v) is 6.66. The van der Waals surface area contributed by atoms with Gasteiger partial charge in [-0.2, -0.15) is 4.31 Å². The van der Waals surface area contributed by atoms with Crippen LogP contribution in [0.25, 0.3) is 0 Å². The zero-order valence-corrected chi connectivity index (χ0v) is 16.0. The van der Waals surface area contributed by atoms with Gasteiger partial charge >= 0.3 is 0 Å². The van der Waals surface area contributed by atoms with Gasteiger partial charge in [0, 0.05) is 12.6 Å². The first-order chi connectivity index (χ1) is 12.0. The highest BCUT2D eigenvalue weighted by Crippen LogP contribution is 2.50. The lowest BCUT2D eigenvalue weighted by Gasteiger charge is -2.38. The lowest BCUT2D eigenvalue weighted by Crippen LogP contribution is -2.46. The maximum atomic E-state index is 13.5. The molecule has 1 aliphatic heterocycles. The van der Waals surface area contributed by atoms with Crippen molar-refractivity contribution in [3.63, 3.8) is 0 Å².